The Morgan fingerprint density at radius 1 is 0.553 bits per heavy atom. The zero-order chi connectivity index (χ0) is 30.1. The minimum Gasteiger partial charge on any atom is -0.358 e. The molecule has 0 aromatic rings. The van der Waals surface area contributed by atoms with Gasteiger partial charge in [0.1, 0.15) is 0 Å². The maximum Gasteiger partial charge on any atom is -0.358 e. The Morgan fingerprint density at radius 3 is 0.632 bits per heavy atom. The first-order valence-corrected chi connectivity index (χ1v) is 21.9. The van der Waals surface area contributed by atoms with Crippen molar-refractivity contribution in [3.8, 4) is 0 Å². The molecule has 0 rings (SSSR count). The molecule has 0 aliphatic heterocycles. The molecule has 0 bridgehead atoms. The van der Waals surface area contributed by atoms with Crippen LogP contribution >= 0.6 is 35.8 Å². The molecule has 0 heterocycles. The smallest absolute Gasteiger partial charge is 0.358 e. The van der Waals surface area contributed by atoms with Gasteiger partial charge < -0.3 is 132 Å². The van der Waals surface area contributed by atoms with Crippen molar-refractivity contribution < 1.29 is 95.5 Å². The van der Waals surface area contributed by atoms with E-state index in [9.17, 15) is 0 Å². The molecule has 0 spiro atoms. The Labute approximate surface area is 324 Å². The second-order valence-electron chi connectivity index (χ2n) is 3.95. The molecule has 240 valence electrons. The van der Waals surface area contributed by atoms with Gasteiger partial charge in [-0.05, 0) is 0 Å². The monoisotopic (exact) mass is 1060 g/mol. The Balaban J connectivity index is -0.0000000211. The standard InChI is InChI=1S/2C3H7NS2.2C2H7O2PS2.4CH3.4CH2.4Mo/c2*1-4(2)3(5)6;2*1-3-5(6,7)4-2;;;;;;;;;;;;/h2*1-2H3,(H,5,6);2*1-2H3,(H,6,7);4*1H3;4*1H2;;;;/q;;;;4*-1;;;;;;;;/p-4. The average molecular weight is 1050 g/mol. The molecule has 0 saturated heterocycles. The molecule has 6 nitrogen and oxygen atoms in total. The molecule has 0 N–H and O–H groups in total. The van der Waals surface area contributed by atoms with E-state index in [-0.39, 0.29) is 29.7 Å². The van der Waals surface area contributed by atoms with Crippen LogP contribution in [0.15, 0.2) is 0 Å². The first-order chi connectivity index (χ1) is 15.5. The third kappa shape index (κ3) is 105. The van der Waals surface area contributed by atoms with Crippen LogP contribution in [0.2, 0.25) is 0 Å². The van der Waals surface area contributed by atoms with Crippen LogP contribution in [0.25, 0.3) is 0 Å². The summed E-state index contributed by atoms with van der Waals surface area (Å²) in [5.74, 6) is 0. The number of hydrogen-bond donors (Lipinski definition) is 0. The SMILES string of the molecule is CN(C)C(=S)[S-].CN(C)C(=S)[S-].COP(=S)([S-])OC.COP(=S)([S-])OC.[CH2]=[Mo].[CH2]=[Mo].[CH2]=[Mo].[CH2]=[Mo].[CH3-].[CH3-].[CH3-].[CH3-]. The third-order valence-corrected chi connectivity index (χ3v) is 8.45. The average Bonchev–Trinajstić information content (AvgIpc) is 2.85. The topological polar surface area (TPSA) is 43.4 Å². The van der Waals surface area contributed by atoms with Gasteiger partial charge >= 0.3 is 97.0 Å². The van der Waals surface area contributed by atoms with Crippen LogP contribution in [0, 0.1) is 29.7 Å². The number of rotatable bonds is 4. The molecule has 0 atom stereocenters. The van der Waals surface area contributed by atoms with E-state index in [0.29, 0.717) is 8.64 Å². The van der Waals surface area contributed by atoms with E-state index in [1.807, 2.05) is 28.2 Å². The third-order valence-electron chi connectivity index (χ3n) is 1.62. The summed E-state index contributed by atoms with van der Waals surface area (Å²) in [6, 6.07) is 0. The van der Waals surface area contributed by atoms with Crippen LogP contribution < -0.4 is 0 Å². The summed E-state index contributed by atoms with van der Waals surface area (Å²) < 4.78 is 19.4. The van der Waals surface area contributed by atoms with Crippen molar-refractivity contribution in [1.82, 2.24) is 9.80 Å². The summed E-state index contributed by atoms with van der Waals surface area (Å²) in [6.45, 7) is 0. The first kappa shape index (κ1) is 78.6. The summed E-state index contributed by atoms with van der Waals surface area (Å²) in [4.78, 5) is 16.5. The normalized spacial score (nSPS) is 7.21. The molecule has 0 fully saturated rings. The van der Waals surface area contributed by atoms with Crippen LogP contribution in [0.4, 0.5) is 0 Å². The summed E-state index contributed by atoms with van der Waals surface area (Å²) in [5, 5.41) is 0. The van der Waals surface area contributed by atoms with Gasteiger partial charge in [-0.25, -0.2) is 0 Å². The number of hydrogen-bond acceptors (Lipinski definition) is 12. The quantitative estimate of drug-likeness (QED) is 0.131. The molecular weight excluding hydrogens is 1010 g/mol. The van der Waals surface area contributed by atoms with E-state index in [2.05, 4.69) is 136 Å². The fourth-order valence-corrected chi connectivity index (χ4v) is 0.447. The van der Waals surface area contributed by atoms with Gasteiger partial charge in [-0.1, -0.05) is 32.3 Å². The zero-order valence-electron chi connectivity index (χ0n) is 24.1. The Morgan fingerprint density at radius 2 is 0.632 bits per heavy atom. The van der Waals surface area contributed by atoms with E-state index >= 15 is 0 Å². The van der Waals surface area contributed by atoms with Crippen molar-refractivity contribution >= 4 is 137 Å². The van der Waals surface area contributed by atoms with Gasteiger partial charge in [0.15, 0.2) is 0 Å². The molecule has 0 aromatic heterocycles. The Hall–Kier alpha value is 4.29. The van der Waals surface area contributed by atoms with Crippen molar-refractivity contribution in [3.05, 3.63) is 29.7 Å². The minimum absolute atomic E-state index is 0. The maximum absolute atomic E-state index is 4.63. The van der Waals surface area contributed by atoms with Gasteiger partial charge in [0.2, 0.25) is 0 Å². The predicted molar refractivity (Wildman–Crippen MR) is 193 cm³/mol. The van der Waals surface area contributed by atoms with Crippen molar-refractivity contribution in [1.29, 1.82) is 0 Å². The van der Waals surface area contributed by atoms with Crippen LogP contribution in [0.1, 0.15) is 0 Å². The van der Waals surface area contributed by atoms with Crippen molar-refractivity contribution in [2.75, 3.05) is 56.6 Å². The zero-order valence-corrected chi connectivity index (χ0v) is 40.5. The van der Waals surface area contributed by atoms with E-state index in [1.54, 1.807) is 87.2 Å². The number of thiocarbonyl (C=S) groups is 2. The van der Waals surface area contributed by atoms with Gasteiger partial charge in [0.25, 0.3) is 0 Å². The molecule has 38 heavy (non-hydrogen) atoms. The van der Waals surface area contributed by atoms with Crippen molar-refractivity contribution in [2.45, 2.75) is 0 Å². The van der Waals surface area contributed by atoms with E-state index in [0.717, 1.165) is 0 Å². The molecule has 0 amide bonds. The summed E-state index contributed by atoms with van der Waals surface area (Å²) >= 11 is 43.6. The molecular formula is C18H44Mo4N2O4P2S8-8. The van der Waals surface area contributed by atoms with Crippen LogP contribution in [0.3, 0.4) is 0 Å². The van der Waals surface area contributed by atoms with E-state index in [4.69, 9.17) is 0 Å². The molecule has 0 aliphatic rings. The fourth-order valence-electron chi connectivity index (χ4n) is 0.149. The van der Waals surface area contributed by atoms with E-state index < -0.39 is 11.4 Å². The molecule has 20 heteroatoms. The minimum atomic E-state index is -2.24. The Bertz CT molecular complexity index is 499. The fraction of sp³-hybridized carbons (Fsp3) is 0.444. The van der Waals surface area contributed by atoms with E-state index in [1.165, 1.54) is 28.4 Å². The molecule has 0 saturated carbocycles. The molecule has 0 aromatic carbocycles. The second kappa shape index (κ2) is 64.3. The Kier molecular flexibility index (Phi) is 133. The maximum atomic E-state index is 4.63. The largest absolute Gasteiger partial charge is 0.358 e. The van der Waals surface area contributed by atoms with Gasteiger partial charge in [0.05, 0.1) is 11.4 Å². The summed E-state index contributed by atoms with van der Waals surface area (Å²) in [6.07, 6.45) is 0. The number of nitrogens with zero attached hydrogens (tertiary/aromatic N) is 2. The van der Waals surface area contributed by atoms with Gasteiger partial charge in [-0.3, -0.25) is 0 Å². The van der Waals surface area contributed by atoms with Crippen LogP contribution in [-0.2, 0) is 169 Å². The van der Waals surface area contributed by atoms with Crippen LogP contribution in [-0.4, -0.2) is 94.7 Å². The van der Waals surface area contributed by atoms with Gasteiger partial charge in [-0.15, -0.1) is 0 Å². The molecule has 0 aliphatic carbocycles. The summed E-state index contributed by atoms with van der Waals surface area (Å²) in [5.41, 5.74) is -4.48. The van der Waals surface area contributed by atoms with Gasteiger partial charge in [-0.2, -0.15) is 0 Å². The van der Waals surface area contributed by atoms with Crippen molar-refractivity contribution in [3.63, 3.8) is 0 Å². The first-order valence-electron chi connectivity index (χ1n) is 7.30. The molecule has 0 radical (unpaired) electrons. The summed E-state index contributed by atoms with van der Waals surface area (Å²) in [7, 11) is 13.1. The predicted octanol–water partition coefficient (Wildman–Crippen LogP) is 4.52. The molecule has 0 unspecified atom stereocenters. The van der Waals surface area contributed by atoms with Crippen molar-refractivity contribution in [2.24, 2.45) is 0 Å². The second-order valence-corrected chi connectivity index (χ2v) is 16.4. The van der Waals surface area contributed by atoms with Gasteiger partial charge in [0, 0.05) is 56.6 Å². The van der Waals surface area contributed by atoms with Crippen LogP contribution in [0.5, 0.6) is 0 Å².